The van der Waals surface area contributed by atoms with Gasteiger partial charge in [0.1, 0.15) is 0 Å². The number of rotatable bonds is 2. The van der Waals surface area contributed by atoms with Gasteiger partial charge in [0.15, 0.2) is 0 Å². The van der Waals surface area contributed by atoms with E-state index in [0.29, 0.717) is 0 Å². The molecule has 0 spiro atoms. The Hall–Kier alpha value is -0.0969. The first-order chi connectivity index (χ1) is 9.28. The van der Waals surface area contributed by atoms with Gasteiger partial charge in [-0.1, -0.05) is 26.7 Å². The summed E-state index contributed by atoms with van der Waals surface area (Å²) in [6.07, 6.45) is 24.9. The van der Waals surface area contributed by atoms with E-state index in [2.05, 4.69) is 48.6 Å². The van der Waals surface area contributed by atoms with Gasteiger partial charge in [-0.2, -0.15) is 47.6 Å². The van der Waals surface area contributed by atoms with Crippen molar-refractivity contribution in [2.45, 2.75) is 26.7 Å². The summed E-state index contributed by atoms with van der Waals surface area (Å²) in [5, 5.41) is 0. The summed E-state index contributed by atoms with van der Waals surface area (Å²) in [5.41, 5.74) is 2.43. The van der Waals surface area contributed by atoms with Crippen LogP contribution >= 0.6 is 17.0 Å². The minimum absolute atomic E-state index is 0.826. The van der Waals surface area contributed by atoms with Crippen LogP contribution in [0.1, 0.15) is 26.7 Å². The Morgan fingerprint density at radius 3 is 1.53 bits per heavy atom. The Bertz CT molecular complexity index is 361. The third kappa shape index (κ3) is 11.4. The molecule has 2 rings (SSSR count). The average molecular weight is 372 g/mol. The number of allylic oxidation sites excluding steroid dienone is 12. The second-order valence-corrected chi connectivity index (χ2v) is 7.28. The van der Waals surface area contributed by atoms with Gasteiger partial charge in [-0.15, -0.1) is 24.3 Å². The van der Waals surface area contributed by atoms with E-state index < -0.39 is 20.8 Å². The molecule has 0 N–H and O–H groups in total. The summed E-state index contributed by atoms with van der Waals surface area (Å²) in [7, 11) is 9.87. The van der Waals surface area contributed by atoms with Crippen LogP contribution in [0, 0.1) is 12.2 Å². The number of hydrogen-bond acceptors (Lipinski definition) is 0. The van der Waals surface area contributed by atoms with Crippen LogP contribution in [0.2, 0.25) is 0 Å². The standard InChI is InChI=1S/2C8H9.2ClH.Zr/c2*1-2-5-8-6-3-4-7-8;;;/h2*2-3,5-6H,4H2,1H3;2*1H;/q2*-1;;;+4/p-2. The summed E-state index contributed by atoms with van der Waals surface area (Å²) in [6, 6.07) is 0. The van der Waals surface area contributed by atoms with Gasteiger partial charge in [-0.3, -0.25) is 0 Å². The van der Waals surface area contributed by atoms with E-state index in [1.807, 2.05) is 26.0 Å². The van der Waals surface area contributed by atoms with Crippen molar-refractivity contribution in [3.05, 3.63) is 71.9 Å². The van der Waals surface area contributed by atoms with Crippen LogP contribution in [-0.2, 0) is 20.8 Å². The minimum atomic E-state index is -0.826. The van der Waals surface area contributed by atoms with E-state index in [1.165, 1.54) is 11.1 Å². The number of hydrogen-bond donors (Lipinski definition) is 0. The van der Waals surface area contributed by atoms with Crippen LogP contribution in [0.15, 0.2) is 59.8 Å². The van der Waals surface area contributed by atoms with Gasteiger partial charge in [0.05, 0.1) is 0 Å². The second kappa shape index (κ2) is 14.3. The van der Waals surface area contributed by atoms with Gasteiger partial charge < -0.3 is 0 Å². The van der Waals surface area contributed by atoms with Crippen LogP contribution in [0.4, 0.5) is 0 Å². The predicted octanol–water partition coefficient (Wildman–Crippen LogP) is 5.88. The Labute approximate surface area is 135 Å². The third-order valence-electron chi connectivity index (χ3n) is 2.14. The van der Waals surface area contributed by atoms with Crippen LogP contribution in [0.25, 0.3) is 0 Å². The van der Waals surface area contributed by atoms with Crippen molar-refractivity contribution >= 4 is 17.0 Å². The van der Waals surface area contributed by atoms with E-state index in [0.717, 1.165) is 12.8 Å². The molecule has 0 nitrogen and oxygen atoms in total. The van der Waals surface area contributed by atoms with Gasteiger partial charge in [-0.05, 0) is 0 Å². The zero-order valence-corrected chi connectivity index (χ0v) is 15.3. The molecule has 0 bridgehead atoms. The molecular formula is C16H18Cl2Zr. The van der Waals surface area contributed by atoms with Gasteiger partial charge in [0.25, 0.3) is 0 Å². The first kappa shape index (κ1) is 18.9. The molecule has 0 heterocycles. The topological polar surface area (TPSA) is 0 Å². The van der Waals surface area contributed by atoms with Crippen molar-refractivity contribution in [1.29, 1.82) is 0 Å². The van der Waals surface area contributed by atoms with Crippen LogP contribution in [-0.4, -0.2) is 0 Å². The monoisotopic (exact) mass is 370 g/mol. The maximum absolute atomic E-state index is 4.93. The SMILES string of the molecule is CC=CC1=[C-]CC=C1.CC=CC1=[C-]CC=C1.[Cl][Zr+2][Cl]. The normalized spacial score (nSPS) is 15.6. The molecule has 0 atom stereocenters. The Balaban J connectivity index is 0.000000284. The van der Waals surface area contributed by atoms with E-state index in [9.17, 15) is 0 Å². The molecule has 0 aromatic heterocycles. The van der Waals surface area contributed by atoms with Crippen LogP contribution in [0.5, 0.6) is 0 Å². The van der Waals surface area contributed by atoms with Crippen molar-refractivity contribution in [1.82, 2.24) is 0 Å². The van der Waals surface area contributed by atoms with Crippen molar-refractivity contribution in [3.63, 3.8) is 0 Å². The predicted molar refractivity (Wildman–Crippen MR) is 82.4 cm³/mol. The Morgan fingerprint density at radius 1 is 0.947 bits per heavy atom. The number of halogens is 2. The second-order valence-electron chi connectivity index (χ2n) is 3.55. The fraction of sp³-hybridized carbons (Fsp3) is 0.250. The molecule has 3 heteroatoms. The van der Waals surface area contributed by atoms with Gasteiger partial charge in [0, 0.05) is 0 Å². The summed E-state index contributed by atoms with van der Waals surface area (Å²) < 4.78 is 0. The molecule has 0 fully saturated rings. The van der Waals surface area contributed by atoms with E-state index in [-0.39, 0.29) is 0 Å². The first-order valence-corrected chi connectivity index (χ1v) is 12.4. The Morgan fingerprint density at radius 2 is 1.32 bits per heavy atom. The van der Waals surface area contributed by atoms with Gasteiger partial charge in [-0.25, -0.2) is 0 Å². The summed E-state index contributed by atoms with van der Waals surface area (Å²) in [6.45, 7) is 4.03. The first-order valence-electron chi connectivity index (χ1n) is 6.04. The van der Waals surface area contributed by atoms with Gasteiger partial charge >= 0.3 is 37.9 Å². The van der Waals surface area contributed by atoms with Crippen LogP contribution in [0.3, 0.4) is 0 Å². The zero-order chi connectivity index (χ0) is 14.3. The molecule has 0 aromatic rings. The van der Waals surface area contributed by atoms with E-state index >= 15 is 0 Å². The molecule has 0 amide bonds. The summed E-state index contributed by atoms with van der Waals surface area (Å²) in [5.74, 6) is 0. The van der Waals surface area contributed by atoms with E-state index in [4.69, 9.17) is 17.0 Å². The van der Waals surface area contributed by atoms with Crippen molar-refractivity contribution in [2.75, 3.05) is 0 Å². The summed E-state index contributed by atoms with van der Waals surface area (Å²) in [4.78, 5) is 0. The van der Waals surface area contributed by atoms with Crippen LogP contribution < -0.4 is 0 Å². The fourth-order valence-corrected chi connectivity index (χ4v) is 1.43. The molecule has 0 aromatic carbocycles. The molecule has 0 saturated carbocycles. The molecule has 0 aliphatic heterocycles. The fourth-order valence-electron chi connectivity index (χ4n) is 1.43. The summed E-state index contributed by atoms with van der Waals surface area (Å²) >= 11 is -0.826. The van der Waals surface area contributed by atoms with E-state index in [1.54, 1.807) is 0 Å². The van der Waals surface area contributed by atoms with Gasteiger partial charge in [0.2, 0.25) is 0 Å². The van der Waals surface area contributed by atoms with Crippen molar-refractivity contribution in [2.24, 2.45) is 0 Å². The maximum atomic E-state index is 4.93. The molecule has 2 aliphatic carbocycles. The van der Waals surface area contributed by atoms with Crippen molar-refractivity contribution in [3.8, 4) is 0 Å². The Kier molecular flexibility index (Phi) is 14.2. The molecule has 0 unspecified atom stereocenters. The molecule has 2 aliphatic rings. The molecule has 0 saturated heterocycles. The quantitative estimate of drug-likeness (QED) is 0.531. The van der Waals surface area contributed by atoms with Crippen molar-refractivity contribution < 1.29 is 20.8 Å². The zero-order valence-electron chi connectivity index (χ0n) is 11.3. The third-order valence-corrected chi connectivity index (χ3v) is 2.14. The average Bonchev–Trinajstić information content (AvgIpc) is 3.05. The molecule has 19 heavy (non-hydrogen) atoms. The molecule has 100 valence electrons. The molecular weight excluding hydrogens is 354 g/mol. The molecule has 0 radical (unpaired) electrons.